The maximum Gasteiger partial charge on any atom is 0.407 e. The van der Waals surface area contributed by atoms with Crippen molar-refractivity contribution >= 4 is 12.0 Å². The Labute approximate surface area is 241 Å². The molecule has 7 nitrogen and oxygen atoms in total. The van der Waals surface area contributed by atoms with E-state index in [1.165, 1.54) is 4.90 Å². The second-order valence-corrected chi connectivity index (χ2v) is 11.8. The van der Waals surface area contributed by atoms with Crippen molar-refractivity contribution in [2.75, 3.05) is 13.1 Å². The number of rotatable bonds is 5. The van der Waals surface area contributed by atoms with E-state index in [1.807, 2.05) is 110 Å². The zero-order chi connectivity index (χ0) is 29.3. The van der Waals surface area contributed by atoms with E-state index in [0.717, 1.165) is 22.5 Å². The molecule has 2 N–H and O–H groups in total. The number of hydrogen-bond donors (Lipinski definition) is 2. The molecule has 2 heterocycles. The van der Waals surface area contributed by atoms with Crippen LogP contribution in [0.4, 0.5) is 4.79 Å². The number of aromatic nitrogens is 1. The third-order valence-electron chi connectivity index (χ3n) is 7.91. The number of phenolic OH excluding ortho intramolecular Hbond substituents is 1. The monoisotopic (exact) mass is 551 g/mol. The number of phenols is 1. The maximum atomic E-state index is 14.7. The lowest BCUT2D eigenvalue weighted by Crippen LogP contribution is -2.66. The molecule has 212 valence electrons. The highest BCUT2D eigenvalue weighted by Crippen LogP contribution is 2.38. The molecule has 0 saturated carbocycles. The molecule has 2 amide bonds. The van der Waals surface area contributed by atoms with Crippen LogP contribution in [0.3, 0.4) is 0 Å². The highest BCUT2D eigenvalue weighted by Gasteiger charge is 2.47. The lowest BCUT2D eigenvalue weighted by molar-refractivity contribution is -0.0144. The number of nitrogens with zero attached hydrogens (tertiary/aromatic N) is 3. The number of aryl methyl sites for hydroxylation is 1. The van der Waals surface area contributed by atoms with Crippen LogP contribution in [0.25, 0.3) is 16.9 Å². The minimum absolute atomic E-state index is 0.115. The quantitative estimate of drug-likeness (QED) is 0.292. The minimum Gasteiger partial charge on any atom is -0.508 e. The van der Waals surface area contributed by atoms with Crippen LogP contribution in [-0.4, -0.2) is 61.8 Å². The van der Waals surface area contributed by atoms with E-state index in [1.54, 1.807) is 18.2 Å². The highest BCUT2D eigenvalue weighted by atomic mass is 16.4. The van der Waals surface area contributed by atoms with Crippen molar-refractivity contribution in [1.29, 1.82) is 0 Å². The fraction of sp³-hybridized carbons (Fsp3) is 0.294. The molecule has 0 bridgehead atoms. The summed E-state index contributed by atoms with van der Waals surface area (Å²) in [5.74, 6) is -0.0365. The Morgan fingerprint density at radius 2 is 1.49 bits per heavy atom. The fourth-order valence-electron chi connectivity index (χ4n) is 6.29. The van der Waals surface area contributed by atoms with E-state index in [-0.39, 0.29) is 30.8 Å². The number of carbonyl (C=O) groups excluding carboxylic acids is 1. The molecule has 1 fully saturated rings. The maximum absolute atomic E-state index is 14.7. The smallest absolute Gasteiger partial charge is 0.407 e. The molecule has 3 aromatic carbocycles. The molecule has 41 heavy (non-hydrogen) atoms. The van der Waals surface area contributed by atoms with Crippen LogP contribution in [-0.2, 0) is 6.42 Å². The average molecular weight is 552 g/mol. The van der Waals surface area contributed by atoms with Gasteiger partial charge in [0, 0.05) is 30.0 Å². The number of hydrogen-bond acceptors (Lipinski definition) is 3. The van der Waals surface area contributed by atoms with Gasteiger partial charge in [0.2, 0.25) is 0 Å². The lowest BCUT2D eigenvalue weighted by atomic mass is 9.77. The normalized spacial score (nSPS) is 17.5. The van der Waals surface area contributed by atoms with Crippen molar-refractivity contribution in [1.82, 2.24) is 14.4 Å². The first-order valence-electron chi connectivity index (χ1n) is 14.0. The molecule has 7 heteroatoms. The first-order valence-corrected chi connectivity index (χ1v) is 14.0. The summed E-state index contributed by atoms with van der Waals surface area (Å²) in [6.45, 7) is 8.59. The number of amides is 2. The summed E-state index contributed by atoms with van der Waals surface area (Å²) in [6, 6.07) is 27.8. The molecule has 1 aromatic heterocycles. The molecule has 1 unspecified atom stereocenters. The van der Waals surface area contributed by atoms with Gasteiger partial charge in [-0.1, -0.05) is 81.4 Å². The van der Waals surface area contributed by atoms with Gasteiger partial charge in [0.05, 0.1) is 23.3 Å². The Morgan fingerprint density at radius 3 is 2.10 bits per heavy atom. The van der Waals surface area contributed by atoms with Gasteiger partial charge < -0.3 is 24.6 Å². The van der Waals surface area contributed by atoms with Gasteiger partial charge in [0.15, 0.2) is 0 Å². The van der Waals surface area contributed by atoms with Gasteiger partial charge in [-0.05, 0) is 54.7 Å². The first-order chi connectivity index (χ1) is 19.6. The topological polar surface area (TPSA) is 86.0 Å². The minimum atomic E-state index is -0.971. The largest absolute Gasteiger partial charge is 0.508 e. The lowest BCUT2D eigenvalue weighted by Gasteiger charge is -2.51. The summed E-state index contributed by atoms with van der Waals surface area (Å²) in [6.07, 6.45) is -0.445. The second-order valence-electron chi connectivity index (χ2n) is 11.8. The zero-order valence-electron chi connectivity index (χ0n) is 24.0. The first kappa shape index (κ1) is 28.0. The molecular weight excluding hydrogens is 514 g/mol. The molecule has 1 aliphatic rings. The van der Waals surface area contributed by atoms with Gasteiger partial charge in [0.25, 0.3) is 5.91 Å². The third kappa shape index (κ3) is 5.57. The number of aromatic hydroxyl groups is 1. The number of piperazine rings is 1. The zero-order valence-corrected chi connectivity index (χ0v) is 24.0. The summed E-state index contributed by atoms with van der Waals surface area (Å²) >= 11 is 0. The van der Waals surface area contributed by atoms with Crippen molar-refractivity contribution in [2.24, 2.45) is 5.41 Å². The molecule has 2 atom stereocenters. The van der Waals surface area contributed by atoms with Crippen molar-refractivity contribution in [2.45, 2.75) is 46.2 Å². The van der Waals surface area contributed by atoms with Gasteiger partial charge in [-0.3, -0.25) is 4.79 Å². The second kappa shape index (κ2) is 11.2. The number of benzene rings is 3. The van der Waals surface area contributed by atoms with E-state index >= 15 is 0 Å². The predicted octanol–water partition coefficient (Wildman–Crippen LogP) is 6.62. The fourth-order valence-corrected chi connectivity index (χ4v) is 6.29. The van der Waals surface area contributed by atoms with Gasteiger partial charge >= 0.3 is 6.09 Å². The summed E-state index contributed by atoms with van der Waals surface area (Å²) in [7, 11) is 0. The number of carboxylic acid groups (broad SMARTS) is 1. The standard InChI is InChI=1S/C34H37N3O4/c1-23-20-28(30(25-14-11-17-27(38)22-25)37(23)26-15-9-6-10-16-26)32(39)35-18-19-36(33(40)41)31(34(2,3)4)29(35)21-24-12-7-5-8-13-24/h5-17,20,22,29,31,38H,18-19,21H2,1-4H3,(H,40,41)/t29-,31?/m1/s1. The summed E-state index contributed by atoms with van der Waals surface area (Å²) in [5, 5.41) is 20.5. The van der Waals surface area contributed by atoms with E-state index in [0.29, 0.717) is 17.7 Å². The van der Waals surface area contributed by atoms with Crippen LogP contribution in [0.5, 0.6) is 5.75 Å². The molecule has 0 spiro atoms. The van der Waals surface area contributed by atoms with Crippen LogP contribution in [0.2, 0.25) is 0 Å². The van der Waals surface area contributed by atoms with E-state index < -0.39 is 17.6 Å². The molecular formula is C34H37N3O4. The molecule has 4 aromatic rings. The van der Waals surface area contributed by atoms with Crippen LogP contribution in [0.15, 0.2) is 91.0 Å². The summed E-state index contributed by atoms with van der Waals surface area (Å²) in [4.78, 5) is 30.5. The predicted molar refractivity (Wildman–Crippen MR) is 161 cm³/mol. The van der Waals surface area contributed by atoms with Crippen LogP contribution >= 0.6 is 0 Å². The summed E-state index contributed by atoms with van der Waals surface area (Å²) in [5.41, 5.74) is 4.36. The van der Waals surface area contributed by atoms with Gasteiger partial charge in [-0.2, -0.15) is 0 Å². The third-order valence-corrected chi connectivity index (χ3v) is 7.91. The van der Waals surface area contributed by atoms with Crippen molar-refractivity contribution in [3.05, 3.63) is 108 Å². The Morgan fingerprint density at radius 1 is 0.854 bits per heavy atom. The highest BCUT2D eigenvalue weighted by molar-refractivity contribution is 6.01. The Balaban J connectivity index is 1.67. The summed E-state index contributed by atoms with van der Waals surface area (Å²) < 4.78 is 2.04. The van der Waals surface area contributed by atoms with E-state index in [9.17, 15) is 19.8 Å². The Hall–Kier alpha value is -4.52. The molecule has 1 saturated heterocycles. The Bertz CT molecular complexity index is 1540. The van der Waals surface area contributed by atoms with Gasteiger partial charge in [-0.15, -0.1) is 0 Å². The molecule has 0 radical (unpaired) electrons. The van der Waals surface area contributed by atoms with Crippen molar-refractivity contribution < 1.29 is 19.8 Å². The van der Waals surface area contributed by atoms with Crippen LogP contribution < -0.4 is 0 Å². The SMILES string of the molecule is Cc1cc(C(=O)N2CCN(C(=O)O)C(C(C)(C)C)[C@H]2Cc2ccccc2)c(-c2cccc(O)c2)n1-c1ccccc1. The van der Waals surface area contributed by atoms with Crippen molar-refractivity contribution in [3.8, 4) is 22.7 Å². The van der Waals surface area contributed by atoms with Gasteiger partial charge in [-0.25, -0.2) is 4.79 Å². The van der Waals surface area contributed by atoms with Gasteiger partial charge in [0.1, 0.15) is 5.75 Å². The average Bonchev–Trinajstić information content (AvgIpc) is 3.29. The van der Waals surface area contributed by atoms with Crippen LogP contribution in [0.1, 0.15) is 42.4 Å². The van der Waals surface area contributed by atoms with E-state index in [2.05, 4.69) is 0 Å². The molecule has 5 rings (SSSR count). The van der Waals surface area contributed by atoms with Crippen LogP contribution in [0, 0.1) is 12.3 Å². The van der Waals surface area contributed by atoms with E-state index in [4.69, 9.17) is 0 Å². The number of carbonyl (C=O) groups is 2. The molecule has 0 aliphatic carbocycles. The molecule has 1 aliphatic heterocycles. The Kier molecular flexibility index (Phi) is 7.63. The van der Waals surface area contributed by atoms with Crippen molar-refractivity contribution in [3.63, 3.8) is 0 Å². The number of para-hydroxylation sites is 1.